The first-order valence-electron chi connectivity index (χ1n) is 11.6. The number of fused-ring (bicyclic) bond motifs is 3. The number of alkyl carbamates (subject to hydrolysis) is 1. The lowest BCUT2D eigenvalue weighted by Crippen LogP contribution is -2.51. The van der Waals surface area contributed by atoms with Crippen molar-refractivity contribution in [3.8, 4) is 11.1 Å². The number of aliphatic carboxylic acids is 1. The van der Waals surface area contributed by atoms with E-state index in [1.807, 2.05) is 61.6 Å². The Morgan fingerprint density at radius 1 is 1.03 bits per heavy atom. The van der Waals surface area contributed by atoms with Gasteiger partial charge in [0.05, 0.1) is 0 Å². The molecule has 0 saturated heterocycles. The van der Waals surface area contributed by atoms with Gasteiger partial charge in [-0.25, -0.2) is 4.79 Å². The lowest BCUT2D eigenvalue weighted by molar-refractivity contribution is -0.145. The van der Waals surface area contributed by atoms with Gasteiger partial charge < -0.3 is 25.0 Å². The molecule has 2 aromatic rings. The van der Waals surface area contributed by atoms with Crippen LogP contribution in [0.4, 0.5) is 4.79 Å². The molecule has 2 aromatic carbocycles. The minimum atomic E-state index is -1.09. The van der Waals surface area contributed by atoms with Crippen LogP contribution in [0.3, 0.4) is 0 Å². The maximum absolute atomic E-state index is 13.2. The zero-order valence-corrected chi connectivity index (χ0v) is 21.2. The lowest BCUT2D eigenvalue weighted by Gasteiger charge is -2.27. The SMILES string of the molecule is CSCCN(CC(=O)O)C(=O)C(CCN(C)C)NC(=O)OCC1c2ccccc2-c2ccccc21. The highest BCUT2D eigenvalue weighted by Crippen LogP contribution is 2.44. The largest absolute Gasteiger partial charge is 0.480 e. The summed E-state index contributed by atoms with van der Waals surface area (Å²) in [4.78, 5) is 40.5. The molecule has 0 spiro atoms. The van der Waals surface area contributed by atoms with Crippen molar-refractivity contribution in [1.82, 2.24) is 15.1 Å². The van der Waals surface area contributed by atoms with Gasteiger partial charge >= 0.3 is 12.1 Å². The van der Waals surface area contributed by atoms with Gasteiger partial charge in [-0.1, -0.05) is 48.5 Å². The second-order valence-corrected chi connectivity index (χ2v) is 9.75. The van der Waals surface area contributed by atoms with Gasteiger partial charge in [-0.2, -0.15) is 11.8 Å². The number of amides is 2. The summed E-state index contributed by atoms with van der Waals surface area (Å²) < 4.78 is 5.61. The van der Waals surface area contributed by atoms with Gasteiger partial charge in [0.2, 0.25) is 5.91 Å². The summed E-state index contributed by atoms with van der Waals surface area (Å²) in [6.07, 6.45) is 1.54. The van der Waals surface area contributed by atoms with Crippen molar-refractivity contribution >= 4 is 29.7 Å². The number of carboxylic acid groups (broad SMARTS) is 1. The van der Waals surface area contributed by atoms with Gasteiger partial charge in [-0.3, -0.25) is 9.59 Å². The van der Waals surface area contributed by atoms with E-state index in [2.05, 4.69) is 17.4 Å². The number of rotatable bonds is 12. The molecule has 2 N–H and O–H groups in total. The molecule has 1 atom stereocenters. The summed E-state index contributed by atoms with van der Waals surface area (Å²) in [5.41, 5.74) is 4.47. The van der Waals surface area contributed by atoms with Crippen molar-refractivity contribution in [2.45, 2.75) is 18.4 Å². The average molecular weight is 500 g/mol. The molecule has 35 heavy (non-hydrogen) atoms. The van der Waals surface area contributed by atoms with Gasteiger partial charge in [0.15, 0.2) is 0 Å². The number of carboxylic acids is 1. The van der Waals surface area contributed by atoms with Gasteiger partial charge in [0.25, 0.3) is 0 Å². The number of nitrogens with zero attached hydrogens (tertiary/aromatic N) is 2. The number of carbonyl (C=O) groups excluding carboxylic acids is 2. The second-order valence-electron chi connectivity index (χ2n) is 8.76. The number of benzene rings is 2. The van der Waals surface area contributed by atoms with E-state index in [0.29, 0.717) is 18.7 Å². The fraction of sp³-hybridized carbons (Fsp3) is 0.423. The van der Waals surface area contributed by atoms with Gasteiger partial charge in [-0.15, -0.1) is 0 Å². The van der Waals surface area contributed by atoms with Crippen LogP contribution in [0.5, 0.6) is 0 Å². The molecule has 1 aliphatic rings. The van der Waals surface area contributed by atoms with E-state index in [9.17, 15) is 19.5 Å². The third-order valence-electron chi connectivity index (χ3n) is 6.00. The minimum absolute atomic E-state index is 0.0887. The Morgan fingerprint density at radius 2 is 1.63 bits per heavy atom. The summed E-state index contributed by atoms with van der Waals surface area (Å²) in [6, 6.07) is 15.3. The highest BCUT2D eigenvalue weighted by molar-refractivity contribution is 7.98. The van der Waals surface area contributed by atoms with Crippen LogP contribution in [0.15, 0.2) is 48.5 Å². The zero-order chi connectivity index (χ0) is 25.4. The van der Waals surface area contributed by atoms with Crippen molar-refractivity contribution in [1.29, 1.82) is 0 Å². The summed E-state index contributed by atoms with van der Waals surface area (Å²) in [5.74, 6) is -0.998. The summed E-state index contributed by atoms with van der Waals surface area (Å²) >= 11 is 1.52. The number of carbonyl (C=O) groups is 3. The van der Waals surface area contributed by atoms with Crippen LogP contribution in [0.1, 0.15) is 23.5 Å². The topological polar surface area (TPSA) is 99.2 Å². The summed E-state index contributed by atoms with van der Waals surface area (Å²) in [5, 5.41) is 12.0. The minimum Gasteiger partial charge on any atom is -0.480 e. The molecule has 1 aliphatic carbocycles. The van der Waals surface area contributed by atoms with E-state index in [1.165, 1.54) is 16.7 Å². The number of thioether (sulfide) groups is 1. The predicted octanol–water partition coefficient (Wildman–Crippen LogP) is 3.12. The molecule has 0 heterocycles. The van der Waals surface area contributed by atoms with Crippen LogP contribution in [-0.2, 0) is 14.3 Å². The van der Waals surface area contributed by atoms with E-state index in [4.69, 9.17) is 4.74 Å². The van der Waals surface area contributed by atoms with Crippen LogP contribution in [0, 0.1) is 0 Å². The molecule has 188 valence electrons. The van der Waals surface area contributed by atoms with Crippen LogP contribution >= 0.6 is 11.8 Å². The Morgan fingerprint density at radius 3 is 2.17 bits per heavy atom. The monoisotopic (exact) mass is 499 g/mol. The quantitative estimate of drug-likeness (QED) is 0.463. The Kier molecular flexibility index (Phi) is 9.56. The molecule has 9 heteroatoms. The zero-order valence-electron chi connectivity index (χ0n) is 20.4. The lowest BCUT2D eigenvalue weighted by atomic mass is 9.98. The summed E-state index contributed by atoms with van der Waals surface area (Å²) in [7, 11) is 3.75. The van der Waals surface area contributed by atoms with E-state index in [0.717, 1.165) is 22.3 Å². The van der Waals surface area contributed by atoms with Crippen molar-refractivity contribution in [3.63, 3.8) is 0 Å². The molecule has 0 aromatic heterocycles. The number of nitrogens with one attached hydrogen (secondary N) is 1. The molecule has 0 saturated carbocycles. The van der Waals surface area contributed by atoms with Gasteiger partial charge in [0, 0.05) is 18.2 Å². The van der Waals surface area contributed by atoms with Gasteiger partial charge in [-0.05, 0) is 55.6 Å². The third-order valence-corrected chi connectivity index (χ3v) is 6.59. The van der Waals surface area contributed by atoms with Crippen LogP contribution in [0.2, 0.25) is 0 Å². The maximum Gasteiger partial charge on any atom is 0.407 e. The van der Waals surface area contributed by atoms with Crippen LogP contribution in [0.25, 0.3) is 11.1 Å². The first-order valence-corrected chi connectivity index (χ1v) is 13.0. The second kappa shape index (κ2) is 12.6. The van der Waals surface area contributed by atoms with Crippen molar-refractivity contribution in [2.24, 2.45) is 0 Å². The molecule has 0 fully saturated rings. The summed E-state index contributed by atoms with van der Waals surface area (Å²) in [6.45, 7) is 0.560. The standard InChI is InChI=1S/C26H33N3O5S/c1-28(2)13-12-23(25(32)29(14-15-35-3)16-24(30)31)27-26(33)34-17-22-20-10-6-4-8-18(20)19-9-5-7-11-21(19)22/h4-11,22-23H,12-17H2,1-3H3,(H,27,33)(H,30,31). The smallest absolute Gasteiger partial charge is 0.407 e. The number of hydrogen-bond acceptors (Lipinski definition) is 6. The molecule has 0 aliphatic heterocycles. The first-order chi connectivity index (χ1) is 16.8. The Hall–Kier alpha value is -3.04. The highest BCUT2D eigenvalue weighted by atomic mass is 32.2. The molecular formula is C26H33N3O5S. The Balaban J connectivity index is 1.70. The normalized spacial score (nSPS) is 13.1. The molecular weight excluding hydrogens is 466 g/mol. The molecule has 8 nitrogen and oxygen atoms in total. The fourth-order valence-electron chi connectivity index (χ4n) is 4.28. The average Bonchev–Trinajstić information content (AvgIpc) is 3.16. The van der Waals surface area contributed by atoms with E-state index >= 15 is 0 Å². The number of ether oxygens (including phenoxy) is 1. The predicted molar refractivity (Wildman–Crippen MR) is 138 cm³/mol. The van der Waals surface area contributed by atoms with Crippen LogP contribution in [-0.4, -0.2) is 91.3 Å². The molecule has 2 amide bonds. The Bertz CT molecular complexity index is 1000. The van der Waals surface area contributed by atoms with E-state index in [-0.39, 0.29) is 19.1 Å². The molecule has 3 rings (SSSR count). The molecule has 1 unspecified atom stereocenters. The molecule has 0 radical (unpaired) electrons. The fourth-order valence-corrected chi connectivity index (χ4v) is 4.68. The number of hydrogen-bond donors (Lipinski definition) is 2. The van der Waals surface area contributed by atoms with Gasteiger partial charge in [0.1, 0.15) is 19.2 Å². The maximum atomic E-state index is 13.2. The van der Waals surface area contributed by atoms with Crippen molar-refractivity contribution in [3.05, 3.63) is 59.7 Å². The van der Waals surface area contributed by atoms with Crippen molar-refractivity contribution in [2.75, 3.05) is 52.3 Å². The highest BCUT2D eigenvalue weighted by Gasteiger charge is 2.31. The molecule has 0 bridgehead atoms. The first kappa shape index (κ1) is 26.6. The van der Waals surface area contributed by atoms with E-state index < -0.39 is 30.6 Å². The van der Waals surface area contributed by atoms with Crippen molar-refractivity contribution < 1.29 is 24.2 Å². The third kappa shape index (κ3) is 6.99. The van der Waals surface area contributed by atoms with E-state index in [1.54, 1.807) is 0 Å². The van der Waals surface area contributed by atoms with Crippen LogP contribution < -0.4 is 5.32 Å². The Labute approximate surface area is 210 Å².